The van der Waals surface area contributed by atoms with Crippen LogP contribution in [-0.4, -0.2) is 31.6 Å². The first kappa shape index (κ1) is 16.1. The van der Waals surface area contributed by atoms with Gasteiger partial charge >= 0.3 is 5.97 Å². The van der Waals surface area contributed by atoms with E-state index in [1.807, 2.05) is 13.8 Å². The van der Waals surface area contributed by atoms with Gasteiger partial charge in [-0.05, 0) is 18.2 Å². The summed E-state index contributed by atoms with van der Waals surface area (Å²) >= 11 is 13.1. The van der Waals surface area contributed by atoms with Crippen molar-refractivity contribution in [1.82, 2.24) is 14.8 Å². The van der Waals surface area contributed by atoms with E-state index in [0.717, 1.165) is 23.3 Å². The second-order valence-corrected chi connectivity index (χ2v) is 6.37. The molecule has 1 N–H and O–H groups in total. The largest absolute Gasteiger partial charge is 0.481 e. The number of rotatable bonds is 5. The SMILES string of the molecule is CC(C)c1nnc(SCC(=O)O)n1-c1ccc(Cl)c(Cl)c1. The van der Waals surface area contributed by atoms with E-state index in [1.165, 1.54) is 0 Å². The van der Waals surface area contributed by atoms with Crippen molar-refractivity contribution < 1.29 is 9.90 Å². The minimum absolute atomic E-state index is 0.0858. The van der Waals surface area contributed by atoms with Gasteiger partial charge in [-0.2, -0.15) is 0 Å². The predicted molar refractivity (Wildman–Crippen MR) is 83.8 cm³/mol. The summed E-state index contributed by atoms with van der Waals surface area (Å²) < 4.78 is 1.81. The van der Waals surface area contributed by atoms with Crippen molar-refractivity contribution in [3.63, 3.8) is 0 Å². The lowest BCUT2D eigenvalue weighted by Crippen LogP contribution is -2.06. The van der Waals surface area contributed by atoms with Crippen LogP contribution < -0.4 is 0 Å². The highest BCUT2D eigenvalue weighted by Gasteiger charge is 2.18. The Hall–Kier alpha value is -1.24. The summed E-state index contributed by atoms with van der Waals surface area (Å²) in [5.74, 6) is -0.125. The number of carbonyl (C=O) groups is 1. The number of halogens is 2. The second-order valence-electron chi connectivity index (χ2n) is 4.61. The summed E-state index contributed by atoms with van der Waals surface area (Å²) in [5.41, 5.74) is 0.756. The molecular formula is C13H13Cl2N3O2S. The average Bonchev–Trinajstić information content (AvgIpc) is 2.83. The molecule has 0 amide bonds. The predicted octanol–water partition coefficient (Wildman–Crippen LogP) is 3.87. The highest BCUT2D eigenvalue weighted by Crippen LogP contribution is 2.29. The van der Waals surface area contributed by atoms with Gasteiger partial charge in [0.25, 0.3) is 0 Å². The van der Waals surface area contributed by atoms with Crippen molar-refractivity contribution in [2.24, 2.45) is 0 Å². The van der Waals surface area contributed by atoms with Crippen molar-refractivity contribution in [3.8, 4) is 5.69 Å². The minimum atomic E-state index is -0.908. The third kappa shape index (κ3) is 3.70. The Kier molecular flexibility index (Phi) is 5.13. The maximum Gasteiger partial charge on any atom is 0.313 e. The van der Waals surface area contributed by atoms with Gasteiger partial charge in [0.2, 0.25) is 0 Å². The molecule has 0 aliphatic heterocycles. The average molecular weight is 346 g/mol. The lowest BCUT2D eigenvalue weighted by molar-refractivity contribution is -0.133. The molecule has 21 heavy (non-hydrogen) atoms. The molecule has 0 saturated carbocycles. The molecule has 0 aliphatic carbocycles. The summed E-state index contributed by atoms with van der Waals surface area (Å²) in [6.45, 7) is 3.98. The number of hydrogen-bond acceptors (Lipinski definition) is 4. The standard InChI is InChI=1S/C13H13Cl2N3O2S/c1-7(2)12-16-17-13(21-6-11(19)20)18(12)8-3-4-9(14)10(15)5-8/h3-5,7H,6H2,1-2H3,(H,19,20). The molecule has 5 nitrogen and oxygen atoms in total. The van der Waals surface area contributed by atoms with E-state index >= 15 is 0 Å². The first-order valence-corrected chi connectivity index (χ1v) is 7.89. The van der Waals surface area contributed by atoms with E-state index in [4.69, 9.17) is 28.3 Å². The monoisotopic (exact) mass is 345 g/mol. The van der Waals surface area contributed by atoms with E-state index in [1.54, 1.807) is 22.8 Å². The third-order valence-corrected chi connectivity index (χ3v) is 4.31. The van der Waals surface area contributed by atoms with Gasteiger partial charge in [-0.25, -0.2) is 0 Å². The second kappa shape index (κ2) is 6.68. The molecule has 1 aromatic heterocycles. The molecule has 0 aliphatic rings. The van der Waals surface area contributed by atoms with Gasteiger partial charge in [0, 0.05) is 5.92 Å². The topological polar surface area (TPSA) is 68.0 Å². The van der Waals surface area contributed by atoms with Crippen LogP contribution in [0.15, 0.2) is 23.4 Å². The number of hydrogen-bond donors (Lipinski definition) is 1. The summed E-state index contributed by atoms with van der Waals surface area (Å²) in [6.07, 6.45) is 0. The number of carboxylic acids is 1. The van der Waals surface area contributed by atoms with Crippen molar-refractivity contribution in [3.05, 3.63) is 34.1 Å². The molecule has 0 spiro atoms. The lowest BCUT2D eigenvalue weighted by Gasteiger charge is -2.12. The van der Waals surface area contributed by atoms with Gasteiger partial charge in [-0.15, -0.1) is 10.2 Å². The van der Waals surface area contributed by atoms with Crippen LogP contribution in [-0.2, 0) is 4.79 Å². The highest BCUT2D eigenvalue weighted by molar-refractivity contribution is 7.99. The molecule has 1 aromatic carbocycles. The molecule has 0 unspecified atom stereocenters. The molecule has 112 valence electrons. The van der Waals surface area contributed by atoms with E-state index in [9.17, 15) is 4.79 Å². The Morgan fingerprint density at radius 1 is 1.33 bits per heavy atom. The lowest BCUT2D eigenvalue weighted by atomic mass is 10.2. The number of nitrogens with zero attached hydrogens (tertiary/aromatic N) is 3. The highest BCUT2D eigenvalue weighted by atomic mass is 35.5. The first-order chi connectivity index (χ1) is 9.90. The van der Waals surface area contributed by atoms with Crippen molar-refractivity contribution in [2.45, 2.75) is 24.9 Å². The zero-order valence-electron chi connectivity index (χ0n) is 11.4. The van der Waals surface area contributed by atoms with Crippen molar-refractivity contribution in [2.75, 3.05) is 5.75 Å². The molecular weight excluding hydrogens is 333 g/mol. The fourth-order valence-electron chi connectivity index (χ4n) is 1.74. The van der Waals surface area contributed by atoms with Crippen LogP contribution in [0.4, 0.5) is 0 Å². The van der Waals surface area contributed by atoms with Gasteiger partial charge in [-0.1, -0.05) is 48.8 Å². The van der Waals surface area contributed by atoms with Crippen LogP contribution in [0, 0.1) is 0 Å². The molecule has 8 heteroatoms. The van der Waals surface area contributed by atoms with Crippen LogP contribution in [0.3, 0.4) is 0 Å². The molecule has 0 bridgehead atoms. The zero-order chi connectivity index (χ0) is 15.6. The third-order valence-electron chi connectivity index (χ3n) is 2.66. The van der Waals surface area contributed by atoms with E-state index < -0.39 is 5.97 Å². The van der Waals surface area contributed by atoms with Gasteiger partial charge in [0.1, 0.15) is 5.82 Å². The fourth-order valence-corrected chi connectivity index (χ4v) is 2.71. The van der Waals surface area contributed by atoms with Gasteiger partial charge in [0.15, 0.2) is 5.16 Å². The molecule has 2 rings (SSSR count). The zero-order valence-corrected chi connectivity index (χ0v) is 13.7. The maximum atomic E-state index is 10.7. The fraction of sp³-hybridized carbons (Fsp3) is 0.308. The Labute approximate surface area is 136 Å². The quantitative estimate of drug-likeness (QED) is 0.833. The van der Waals surface area contributed by atoms with E-state index in [0.29, 0.717) is 15.2 Å². The van der Waals surface area contributed by atoms with Crippen LogP contribution in [0.5, 0.6) is 0 Å². The van der Waals surface area contributed by atoms with E-state index in [-0.39, 0.29) is 11.7 Å². The van der Waals surface area contributed by atoms with Crippen molar-refractivity contribution in [1.29, 1.82) is 0 Å². The van der Waals surface area contributed by atoms with Crippen LogP contribution >= 0.6 is 35.0 Å². The Morgan fingerprint density at radius 3 is 2.62 bits per heavy atom. The van der Waals surface area contributed by atoms with Crippen LogP contribution in [0.1, 0.15) is 25.6 Å². The smallest absolute Gasteiger partial charge is 0.313 e. The minimum Gasteiger partial charge on any atom is -0.481 e. The number of benzene rings is 1. The number of carboxylic acid groups (broad SMARTS) is 1. The molecule has 0 fully saturated rings. The summed E-state index contributed by atoms with van der Waals surface area (Å²) in [7, 11) is 0. The summed E-state index contributed by atoms with van der Waals surface area (Å²) in [4.78, 5) is 10.7. The van der Waals surface area contributed by atoms with Crippen LogP contribution in [0.2, 0.25) is 10.0 Å². The van der Waals surface area contributed by atoms with Gasteiger partial charge < -0.3 is 5.11 Å². The number of thioether (sulfide) groups is 1. The summed E-state index contributed by atoms with van der Waals surface area (Å²) in [6, 6.07) is 5.20. The molecule has 0 atom stereocenters. The Bertz CT molecular complexity index is 673. The molecule has 1 heterocycles. The summed E-state index contributed by atoms with van der Waals surface area (Å²) in [5, 5.41) is 18.4. The first-order valence-electron chi connectivity index (χ1n) is 6.15. The Balaban J connectivity index is 2.49. The molecule has 2 aromatic rings. The van der Waals surface area contributed by atoms with E-state index in [2.05, 4.69) is 10.2 Å². The number of aliphatic carboxylic acids is 1. The molecule has 0 saturated heterocycles. The van der Waals surface area contributed by atoms with Gasteiger partial charge in [-0.3, -0.25) is 9.36 Å². The van der Waals surface area contributed by atoms with Gasteiger partial charge in [0.05, 0.1) is 21.5 Å². The maximum absolute atomic E-state index is 10.7. The molecule has 0 radical (unpaired) electrons. The number of aromatic nitrogens is 3. The Morgan fingerprint density at radius 2 is 2.05 bits per heavy atom. The van der Waals surface area contributed by atoms with Crippen molar-refractivity contribution >= 4 is 40.9 Å². The van der Waals surface area contributed by atoms with Crippen LogP contribution in [0.25, 0.3) is 5.69 Å². The normalized spacial score (nSPS) is 11.1.